The van der Waals surface area contributed by atoms with E-state index in [1.54, 1.807) is 31.2 Å². The molecule has 6 nitrogen and oxygen atoms in total. The van der Waals surface area contributed by atoms with Crippen molar-refractivity contribution in [3.05, 3.63) is 48.2 Å². The number of ether oxygens (including phenoxy) is 2. The largest absolute Gasteiger partial charge is 0.492 e. The third kappa shape index (κ3) is 5.71. The van der Waals surface area contributed by atoms with Gasteiger partial charge in [0.05, 0.1) is 30.2 Å². The van der Waals surface area contributed by atoms with Gasteiger partial charge in [-0.2, -0.15) is 13.2 Å². The molecule has 30 heavy (non-hydrogen) atoms. The second-order valence-electron chi connectivity index (χ2n) is 6.99. The van der Waals surface area contributed by atoms with Gasteiger partial charge in [0, 0.05) is 30.3 Å². The summed E-state index contributed by atoms with van der Waals surface area (Å²) in [6.45, 7) is 2.56. The molecule has 1 aromatic heterocycles. The Bertz CT molecular complexity index is 949. The molecular weight excluding hydrogens is 421 g/mol. The summed E-state index contributed by atoms with van der Waals surface area (Å²) in [5.41, 5.74) is 0.0745. The van der Waals surface area contributed by atoms with Gasteiger partial charge in [-0.05, 0) is 37.6 Å². The van der Waals surface area contributed by atoms with Gasteiger partial charge in [0.2, 0.25) is 10.0 Å². The van der Waals surface area contributed by atoms with E-state index in [-0.39, 0.29) is 24.3 Å². The lowest BCUT2D eigenvalue weighted by molar-refractivity contribution is -0.137. The monoisotopic (exact) mass is 444 g/mol. The number of pyridine rings is 1. The third-order valence-corrected chi connectivity index (χ3v) is 6.31. The second kappa shape index (κ2) is 9.32. The number of nitrogens with one attached hydrogen (secondary N) is 1. The summed E-state index contributed by atoms with van der Waals surface area (Å²) in [4.78, 5) is 3.93. The van der Waals surface area contributed by atoms with Crippen LogP contribution in [0.3, 0.4) is 0 Å². The Balaban J connectivity index is 1.74. The maximum atomic E-state index is 12.8. The molecule has 3 rings (SSSR count). The van der Waals surface area contributed by atoms with Crippen LogP contribution in [-0.2, 0) is 20.9 Å². The van der Waals surface area contributed by atoms with Crippen molar-refractivity contribution in [2.45, 2.75) is 25.6 Å². The first-order valence-electron chi connectivity index (χ1n) is 9.53. The number of hydrogen-bond donors (Lipinski definition) is 1. The van der Waals surface area contributed by atoms with Crippen molar-refractivity contribution in [1.82, 2.24) is 9.71 Å². The first-order chi connectivity index (χ1) is 14.2. The molecule has 0 bridgehead atoms. The number of halogens is 3. The highest BCUT2D eigenvalue weighted by molar-refractivity contribution is 7.89. The number of nitrogens with zero attached hydrogens (tertiary/aromatic N) is 1. The van der Waals surface area contributed by atoms with Crippen LogP contribution < -0.4 is 9.46 Å². The van der Waals surface area contributed by atoms with E-state index in [1.807, 2.05) is 0 Å². The standard InChI is InChI=1S/C20H23F3N2O4S/c1-2-30(26,27)25-17-9-10-28-12-14(17)13-29-19-6-4-3-5-16(19)18-8-7-15(11-24-18)20(21,22)23/h3-8,11,14,17,25H,2,9-10,12-13H2,1H3. The number of benzene rings is 1. The average Bonchev–Trinajstić information content (AvgIpc) is 2.73. The lowest BCUT2D eigenvalue weighted by Gasteiger charge is -2.31. The van der Waals surface area contributed by atoms with E-state index in [0.29, 0.717) is 36.6 Å². The summed E-state index contributed by atoms with van der Waals surface area (Å²) >= 11 is 0. The van der Waals surface area contributed by atoms with Crippen molar-refractivity contribution in [3.63, 3.8) is 0 Å². The van der Waals surface area contributed by atoms with Crippen molar-refractivity contribution in [1.29, 1.82) is 0 Å². The molecule has 2 atom stereocenters. The molecule has 2 aromatic rings. The number of aromatic nitrogens is 1. The maximum absolute atomic E-state index is 12.8. The van der Waals surface area contributed by atoms with Crippen LogP contribution >= 0.6 is 0 Å². The van der Waals surface area contributed by atoms with Gasteiger partial charge in [-0.1, -0.05) is 12.1 Å². The fourth-order valence-corrected chi connectivity index (χ4v) is 4.09. The van der Waals surface area contributed by atoms with Gasteiger partial charge in [-0.3, -0.25) is 4.98 Å². The van der Waals surface area contributed by atoms with E-state index in [2.05, 4.69) is 9.71 Å². The molecule has 0 amide bonds. The van der Waals surface area contributed by atoms with E-state index in [9.17, 15) is 21.6 Å². The minimum Gasteiger partial charge on any atom is -0.492 e. The lowest BCUT2D eigenvalue weighted by Crippen LogP contribution is -2.47. The van der Waals surface area contributed by atoms with Gasteiger partial charge in [0.15, 0.2) is 0 Å². The zero-order chi connectivity index (χ0) is 21.8. The van der Waals surface area contributed by atoms with E-state index < -0.39 is 21.8 Å². The summed E-state index contributed by atoms with van der Waals surface area (Å²) in [6, 6.07) is 8.86. The minimum absolute atomic E-state index is 0.0135. The normalized spacial score (nSPS) is 20.1. The summed E-state index contributed by atoms with van der Waals surface area (Å²) in [7, 11) is -3.37. The van der Waals surface area contributed by atoms with Crippen LogP contribution in [0.4, 0.5) is 13.2 Å². The third-order valence-electron chi connectivity index (χ3n) is 4.89. The molecule has 1 N–H and O–H groups in total. The molecule has 2 heterocycles. The fraction of sp³-hybridized carbons (Fsp3) is 0.450. The maximum Gasteiger partial charge on any atom is 0.417 e. The van der Waals surface area contributed by atoms with Crippen LogP contribution in [0, 0.1) is 5.92 Å². The molecule has 1 saturated heterocycles. The molecule has 0 saturated carbocycles. The molecule has 0 radical (unpaired) electrons. The van der Waals surface area contributed by atoms with Crippen LogP contribution in [0.15, 0.2) is 42.6 Å². The van der Waals surface area contributed by atoms with Crippen molar-refractivity contribution in [3.8, 4) is 17.0 Å². The highest BCUT2D eigenvalue weighted by Crippen LogP contribution is 2.33. The predicted octanol–water partition coefficient (Wildman–Crippen LogP) is 3.49. The molecule has 0 aliphatic carbocycles. The topological polar surface area (TPSA) is 77.5 Å². The average molecular weight is 444 g/mol. The van der Waals surface area contributed by atoms with Gasteiger partial charge >= 0.3 is 6.18 Å². The van der Waals surface area contributed by atoms with Gasteiger partial charge in [0.25, 0.3) is 0 Å². The molecular formula is C20H23F3N2O4S. The SMILES string of the molecule is CCS(=O)(=O)NC1CCOCC1COc1ccccc1-c1ccc(C(F)(F)F)cn1. The predicted molar refractivity (Wildman–Crippen MR) is 105 cm³/mol. The Labute approximate surface area is 173 Å². The highest BCUT2D eigenvalue weighted by atomic mass is 32.2. The van der Waals surface area contributed by atoms with Crippen molar-refractivity contribution in [2.75, 3.05) is 25.6 Å². The number of rotatable bonds is 7. The Morgan fingerprint density at radius 3 is 2.67 bits per heavy atom. The molecule has 1 aromatic carbocycles. The smallest absolute Gasteiger partial charge is 0.417 e. The Hall–Kier alpha value is -2.17. The molecule has 1 aliphatic heterocycles. The minimum atomic E-state index is -4.45. The molecule has 1 aliphatic rings. The van der Waals surface area contributed by atoms with Crippen molar-refractivity contribution in [2.24, 2.45) is 5.92 Å². The Morgan fingerprint density at radius 1 is 1.23 bits per heavy atom. The number of sulfonamides is 1. The molecule has 1 fully saturated rings. The number of para-hydroxylation sites is 1. The van der Waals surface area contributed by atoms with E-state index in [0.717, 1.165) is 12.3 Å². The van der Waals surface area contributed by atoms with Crippen LogP contribution in [0.25, 0.3) is 11.3 Å². The van der Waals surface area contributed by atoms with Crippen molar-refractivity contribution < 1.29 is 31.1 Å². The van der Waals surface area contributed by atoms with Gasteiger partial charge in [-0.15, -0.1) is 0 Å². The van der Waals surface area contributed by atoms with E-state index in [4.69, 9.17) is 9.47 Å². The highest BCUT2D eigenvalue weighted by Gasteiger charge is 2.31. The Kier molecular flexibility index (Phi) is 6.99. The number of alkyl halides is 3. The van der Waals surface area contributed by atoms with Gasteiger partial charge in [0.1, 0.15) is 5.75 Å². The molecule has 10 heteroatoms. The van der Waals surface area contributed by atoms with E-state index >= 15 is 0 Å². The Morgan fingerprint density at radius 2 is 2.00 bits per heavy atom. The van der Waals surface area contributed by atoms with Crippen LogP contribution in [0.1, 0.15) is 18.9 Å². The first kappa shape index (κ1) is 22.5. The fourth-order valence-electron chi connectivity index (χ4n) is 3.15. The molecule has 164 valence electrons. The zero-order valence-corrected chi connectivity index (χ0v) is 17.2. The zero-order valence-electron chi connectivity index (χ0n) is 16.4. The summed E-state index contributed by atoms with van der Waals surface area (Å²) < 4.78 is 76.3. The quantitative estimate of drug-likeness (QED) is 0.708. The van der Waals surface area contributed by atoms with Gasteiger partial charge < -0.3 is 9.47 Å². The second-order valence-corrected chi connectivity index (χ2v) is 9.03. The van der Waals surface area contributed by atoms with Gasteiger partial charge in [-0.25, -0.2) is 13.1 Å². The molecule has 2 unspecified atom stereocenters. The van der Waals surface area contributed by atoms with Crippen molar-refractivity contribution >= 4 is 10.0 Å². The summed E-state index contributed by atoms with van der Waals surface area (Å²) in [5, 5.41) is 0. The summed E-state index contributed by atoms with van der Waals surface area (Å²) in [6.07, 6.45) is -3.13. The lowest BCUT2D eigenvalue weighted by atomic mass is 9.97. The van der Waals surface area contributed by atoms with Crippen LogP contribution in [0.2, 0.25) is 0 Å². The number of hydrogen-bond acceptors (Lipinski definition) is 5. The summed E-state index contributed by atoms with van der Waals surface area (Å²) in [5.74, 6) is 0.238. The first-order valence-corrected chi connectivity index (χ1v) is 11.2. The van der Waals surface area contributed by atoms with E-state index in [1.165, 1.54) is 6.07 Å². The van der Waals surface area contributed by atoms with Crippen LogP contribution in [0.5, 0.6) is 5.75 Å². The van der Waals surface area contributed by atoms with Crippen LogP contribution in [-0.4, -0.2) is 45.0 Å². The molecule has 0 spiro atoms.